The summed E-state index contributed by atoms with van der Waals surface area (Å²) in [5, 5.41) is 11.1. The molecule has 1 rings (SSSR count). The summed E-state index contributed by atoms with van der Waals surface area (Å²) in [4.78, 5) is 44.2. The number of rotatable bonds is 33. The third-order valence-corrected chi connectivity index (χ3v) is 5.62. The predicted molar refractivity (Wildman–Crippen MR) is 164 cm³/mol. The quantitative estimate of drug-likeness (QED) is 0.0609. The summed E-state index contributed by atoms with van der Waals surface area (Å²) in [6.45, 7) is 6.96. The first kappa shape index (κ1) is 41.8. The van der Waals surface area contributed by atoms with Crippen molar-refractivity contribution in [3.8, 4) is 0 Å². The lowest BCUT2D eigenvalue weighted by Gasteiger charge is -2.09. The van der Waals surface area contributed by atoms with Gasteiger partial charge in [-0.25, -0.2) is 9.59 Å². The number of amides is 1. The van der Waals surface area contributed by atoms with Gasteiger partial charge in [0.1, 0.15) is 13.2 Å². The molecular weight excluding hydrogens is 626 g/mol. The maximum absolute atomic E-state index is 11.6. The van der Waals surface area contributed by atoms with Crippen LogP contribution in [0.3, 0.4) is 0 Å². The van der Waals surface area contributed by atoms with Gasteiger partial charge in [-0.05, 0) is 5.56 Å². The predicted octanol–water partition coefficient (Wildman–Crippen LogP) is 1.02. The molecule has 2 N–H and O–H groups in total. The van der Waals surface area contributed by atoms with E-state index in [0.717, 1.165) is 5.56 Å². The minimum Gasteiger partial charge on any atom is -0.476 e. The van der Waals surface area contributed by atoms with Crippen LogP contribution in [0.15, 0.2) is 30.3 Å². The Morgan fingerprint density at radius 2 is 0.915 bits per heavy atom. The number of hydrogen-bond acceptors (Lipinski definition) is 14. The van der Waals surface area contributed by atoms with E-state index >= 15 is 0 Å². The summed E-state index contributed by atoms with van der Waals surface area (Å²) >= 11 is 0. The van der Waals surface area contributed by atoms with Crippen LogP contribution in [0, 0.1) is 0 Å². The van der Waals surface area contributed by atoms with E-state index in [-0.39, 0.29) is 32.7 Å². The second-order valence-corrected chi connectivity index (χ2v) is 9.34. The second kappa shape index (κ2) is 31.4. The summed E-state index contributed by atoms with van der Waals surface area (Å²) in [5.74, 6) is -3.25. The highest BCUT2D eigenvalue weighted by atomic mass is 16.6. The molecule has 0 heterocycles. The first-order valence-electron chi connectivity index (χ1n) is 15.5. The summed E-state index contributed by atoms with van der Waals surface area (Å²) in [6, 6.07) is 9.45. The van der Waals surface area contributed by atoms with Gasteiger partial charge in [-0.1, -0.05) is 30.3 Å². The molecule has 0 aromatic heterocycles. The molecule has 0 spiro atoms. The summed E-state index contributed by atoms with van der Waals surface area (Å²) in [5.41, 5.74) is 0.926. The van der Waals surface area contributed by atoms with Crippen molar-refractivity contribution in [2.45, 2.75) is 19.4 Å². The van der Waals surface area contributed by atoms with Crippen LogP contribution in [-0.2, 0) is 68.4 Å². The SMILES string of the molecule is O=C(CCC(=O)C(=O)O)OCCOCCOCCOCCOCCOCCOCCOCCOCCNC(=O)OCc1ccccc1. The van der Waals surface area contributed by atoms with Crippen LogP contribution >= 0.6 is 0 Å². The number of alkyl carbamates (subject to hydrolysis) is 1. The molecule has 0 aliphatic rings. The highest BCUT2D eigenvalue weighted by molar-refractivity contribution is 6.32. The zero-order chi connectivity index (χ0) is 34.0. The van der Waals surface area contributed by atoms with Gasteiger partial charge in [0.2, 0.25) is 5.78 Å². The molecule has 1 aromatic rings. The maximum Gasteiger partial charge on any atom is 0.407 e. The molecule has 0 saturated carbocycles. The lowest BCUT2D eigenvalue weighted by atomic mass is 10.2. The van der Waals surface area contributed by atoms with E-state index in [1.54, 1.807) is 0 Å². The van der Waals surface area contributed by atoms with Gasteiger partial charge in [-0.3, -0.25) is 9.59 Å². The number of carbonyl (C=O) groups excluding carboxylic acids is 3. The number of ketones is 1. The van der Waals surface area contributed by atoms with E-state index in [9.17, 15) is 19.2 Å². The van der Waals surface area contributed by atoms with Gasteiger partial charge in [0.05, 0.1) is 112 Å². The highest BCUT2D eigenvalue weighted by Crippen LogP contribution is 2.00. The lowest BCUT2D eigenvalue weighted by Crippen LogP contribution is -2.28. The number of nitrogens with one attached hydrogen (secondary N) is 1. The zero-order valence-corrected chi connectivity index (χ0v) is 26.9. The molecular formula is C31H49NO15. The molecule has 1 amide bonds. The molecule has 0 aliphatic heterocycles. The number of ether oxygens (including phenoxy) is 10. The fourth-order valence-electron chi connectivity index (χ4n) is 3.25. The Hall–Kier alpha value is -3.22. The molecule has 1 aromatic carbocycles. The second-order valence-electron chi connectivity index (χ2n) is 9.34. The normalized spacial score (nSPS) is 10.9. The van der Waals surface area contributed by atoms with Crippen LogP contribution < -0.4 is 5.32 Å². The van der Waals surface area contributed by atoms with Gasteiger partial charge in [0, 0.05) is 13.0 Å². The third kappa shape index (κ3) is 28.7. The zero-order valence-electron chi connectivity index (χ0n) is 26.9. The number of carbonyl (C=O) groups is 4. The molecule has 16 heteroatoms. The minimum atomic E-state index is -1.57. The van der Waals surface area contributed by atoms with E-state index in [4.69, 9.17) is 52.5 Å². The van der Waals surface area contributed by atoms with Crippen LogP contribution in [-0.4, -0.2) is 148 Å². The summed E-state index contributed by atoms with van der Waals surface area (Å²) in [7, 11) is 0. The number of esters is 1. The average Bonchev–Trinajstić information content (AvgIpc) is 3.07. The van der Waals surface area contributed by atoms with Gasteiger partial charge in [-0.15, -0.1) is 0 Å². The van der Waals surface area contributed by atoms with E-state index in [1.807, 2.05) is 30.3 Å². The number of carboxylic acids is 1. The topological polar surface area (TPSA) is 193 Å². The molecule has 0 bridgehead atoms. The summed E-state index contributed by atoms with van der Waals surface area (Å²) < 4.78 is 53.1. The van der Waals surface area contributed by atoms with Crippen LogP contribution in [0.4, 0.5) is 4.79 Å². The molecule has 0 atom stereocenters. The molecule has 0 fully saturated rings. The van der Waals surface area contributed by atoms with Crippen LogP contribution in [0.2, 0.25) is 0 Å². The van der Waals surface area contributed by atoms with Crippen LogP contribution in [0.25, 0.3) is 0 Å². The fourth-order valence-corrected chi connectivity index (χ4v) is 3.25. The maximum atomic E-state index is 11.6. The Morgan fingerprint density at radius 1 is 0.511 bits per heavy atom. The molecule has 0 saturated heterocycles. The van der Waals surface area contributed by atoms with Gasteiger partial charge in [0.25, 0.3) is 0 Å². The number of carboxylic acid groups (broad SMARTS) is 1. The smallest absolute Gasteiger partial charge is 0.407 e. The van der Waals surface area contributed by atoms with Crippen molar-refractivity contribution in [3.63, 3.8) is 0 Å². The van der Waals surface area contributed by atoms with Crippen molar-refractivity contribution in [2.24, 2.45) is 0 Å². The van der Waals surface area contributed by atoms with Crippen molar-refractivity contribution in [2.75, 3.05) is 119 Å². The molecule has 268 valence electrons. The monoisotopic (exact) mass is 675 g/mol. The first-order valence-corrected chi connectivity index (χ1v) is 15.5. The largest absolute Gasteiger partial charge is 0.476 e. The van der Waals surface area contributed by atoms with Crippen LogP contribution in [0.1, 0.15) is 18.4 Å². The first-order chi connectivity index (χ1) is 23.0. The van der Waals surface area contributed by atoms with Gasteiger partial charge >= 0.3 is 18.0 Å². The van der Waals surface area contributed by atoms with Crippen molar-refractivity contribution in [3.05, 3.63) is 35.9 Å². The van der Waals surface area contributed by atoms with Crippen molar-refractivity contribution >= 4 is 23.8 Å². The van der Waals surface area contributed by atoms with Crippen molar-refractivity contribution in [1.29, 1.82) is 0 Å². The molecule has 0 radical (unpaired) electrons. The molecule has 16 nitrogen and oxygen atoms in total. The van der Waals surface area contributed by atoms with E-state index in [2.05, 4.69) is 5.32 Å². The Bertz CT molecular complexity index is 935. The van der Waals surface area contributed by atoms with Crippen molar-refractivity contribution in [1.82, 2.24) is 5.32 Å². The van der Waals surface area contributed by atoms with Gasteiger partial charge < -0.3 is 57.8 Å². The minimum absolute atomic E-state index is 0.00878. The fraction of sp³-hybridized carbons (Fsp3) is 0.677. The number of benzene rings is 1. The third-order valence-electron chi connectivity index (χ3n) is 5.62. The number of hydrogen-bond donors (Lipinski definition) is 2. The summed E-state index contributed by atoms with van der Waals surface area (Å²) in [6.07, 6.45) is -1.15. The van der Waals surface area contributed by atoms with E-state index in [0.29, 0.717) is 106 Å². The van der Waals surface area contributed by atoms with E-state index in [1.165, 1.54) is 0 Å². The van der Waals surface area contributed by atoms with E-state index < -0.39 is 23.8 Å². The van der Waals surface area contributed by atoms with Crippen molar-refractivity contribution < 1.29 is 71.7 Å². The molecule has 0 unspecified atom stereocenters. The number of Topliss-reactive ketones (excluding diaryl/α,β-unsaturated/α-hetero) is 1. The highest BCUT2D eigenvalue weighted by Gasteiger charge is 2.14. The Labute approximate surface area is 275 Å². The van der Waals surface area contributed by atoms with Gasteiger partial charge in [0.15, 0.2) is 0 Å². The standard InChI is InChI=1S/C31H49NO15/c33-28(30(35)36)6-7-29(34)46-25-24-45-23-22-44-21-20-43-19-18-42-17-16-41-15-14-40-13-12-39-11-10-38-9-8-32-31(37)47-26-27-4-2-1-3-5-27/h1-5H,6-26H2,(H,32,37)(H,35,36). The molecule has 47 heavy (non-hydrogen) atoms. The Morgan fingerprint density at radius 3 is 1.34 bits per heavy atom. The Kier molecular flexibility index (Phi) is 27.9. The Balaban J connectivity index is 1.68. The number of aliphatic carboxylic acids is 1. The average molecular weight is 676 g/mol. The van der Waals surface area contributed by atoms with Crippen LogP contribution in [0.5, 0.6) is 0 Å². The van der Waals surface area contributed by atoms with Gasteiger partial charge in [-0.2, -0.15) is 0 Å². The molecule has 0 aliphatic carbocycles. The lowest BCUT2D eigenvalue weighted by molar-refractivity contribution is -0.151.